The highest BCUT2D eigenvalue weighted by molar-refractivity contribution is 7.59. The monoisotopic (exact) mass is 519 g/mol. The Morgan fingerprint density at radius 2 is 1.78 bits per heavy atom. The topological polar surface area (TPSA) is 99.0 Å². The first-order chi connectivity index (χ1) is 17.3. The standard InChI is InChI=1S/C23H24F2N5O5P/c1-33-17-2-4-18(5-3-17)35-36(32)10-8-28(9-11-36)22-20(24)12-16(13-21(22)25)30-15-19(34-23(30)31)14-29-7-6-26-27-29/h2-7,12-13,19H,8-11,14-15H2,1H3/t19-/m0/s1. The number of anilines is 2. The minimum Gasteiger partial charge on any atom is -0.497 e. The van der Waals surface area contributed by atoms with Crippen LogP contribution in [0.5, 0.6) is 11.5 Å². The summed E-state index contributed by atoms with van der Waals surface area (Å²) in [6, 6.07) is 8.97. The Labute approximate surface area is 205 Å². The first-order valence-corrected chi connectivity index (χ1v) is 13.3. The Hall–Kier alpha value is -3.66. The molecule has 0 unspecified atom stereocenters. The number of amides is 1. The van der Waals surface area contributed by atoms with Crippen molar-refractivity contribution >= 4 is 24.8 Å². The number of ether oxygens (including phenoxy) is 2. The van der Waals surface area contributed by atoms with E-state index < -0.39 is 31.2 Å². The lowest BCUT2D eigenvalue weighted by Crippen LogP contribution is -2.37. The minimum atomic E-state index is -3.02. The number of aromatic nitrogens is 3. The number of rotatable bonds is 7. The zero-order valence-electron chi connectivity index (χ0n) is 19.4. The summed E-state index contributed by atoms with van der Waals surface area (Å²) in [7, 11) is -1.47. The zero-order valence-corrected chi connectivity index (χ0v) is 20.3. The molecule has 190 valence electrons. The van der Waals surface area contributed by atoms with Gasteiger partial charge in [0.05, 0.1) is 44.4 Å². The van der Waals surface area contributed by atoms with Crippen LogP contribution in [0, 0.1) is 11.6 Å². The Morgan fingerprint density at radius 1 is 1.11 bits per heavy atom. The van der Waals surface area contributed by atoms with E-state index in [4.69, 9.17) is 14.0 Å². The predicted molar refractivity (Wildman–Crippen MR) is 127 cm³/mol. The van der Waals surface area contributed by atoms with E-state index in [2.05, 4.69) is 10.3 Å². The highest BCUT2D eigenvalue weighted by atomic mass is 31.2. The summed E-state index contributed by atoms with van der Waals surface area (Å²) < 4.78 is 61.0. The summed E-state index contributed by atoms with van der Waals surface area (Å²) in [4.78, 5) is 15.0. The van der Waals surface area contributed by atoms with E-state index in [0.717, 1.165) is 12.1 Å². The maximum atomic E-state index is 15.1. The van der Waals surface area contributed by atoms with Crippen molar-refractivity contribution in [2.75, 3.05) is 48.9 Å². The molecular formula is C23H24F2N5O5P. The molecule has 0 aliphatic carbocycles. The van der Waals surface area contributed by atoms with Crippen molar-refractivity contribution in [3.63, 3.8) is 0 Å². The zero-order chi connectivity index (χ0) is 25.3. The van der Waals surface area contributed by atoms with Crippen LogP contribution in [0.1, 0.15) is 0 Å². The van der Waals surface area contributed by atoms with Gasteiger partial charge in [0.1, 0.15) is 23.3 Å². The van der Waals surface area contributed by atoms with Gasteiger partial charge in [0, 0.05) is 31.4 Å². The number of cyclic esters (lactones) is 1. The maximum Gasteiger partial charge on any atom is 0.414 e. The second kappa shape index (κ2) is 9.77. The molecular weight excluding hydrogens is 495 g/mol. The average Bonchev–Trinajstić information content (AvgIpc) is 3.50. The Kier molecular flexibility index (Phi) is 6.53. The van der Waals surface area contributed by atoms with Gasteiger partial charge >= 0.3 is 6.09 Å². The van der Waals surface area contributed by atoms with Crippen LogP contribution in [-0.4, -0.2) is 66.3 Å². The third kappa shape index (κ3) is 4.99. The van der Waals surface area contributed by atoms with E-state index in [1.807, 2.05) is 0 Å². The van der Waals surface area contributed by atoms with Crippen LogP contribution in [0.3, 0.4) is 0 Å². The molecule has 10 nitrogen and oxygen atoms in total. The van der Waals surface area contributed by atoms with Gasteiger partial charge in [-0.15, -0.1) is 5.10 Å². The molecule has 3 aromatic rings. The second-order valence-corrected chi connectivity index (χ2v) is 11.2. The van der Waals surface area contributed by atoms with E-state index in [-0.39, 0.29) is 49.9 Å². The molecule has 2 aliphatic rings. The Balaban J connectivity index is 1.24. The molecule has 0 spiro atoms. The number of methoxy groups -OCH3 is 1. The van der Waals surface area contributed by atoms with Crippen molar-refractivity contribution in [3.8, 4) is 11.5 Å². The largest absolute Gasteiger partial charge is 0.497 e. The number of hydrogen-bond acceptors (Lipinski definition) is 8. The van der Waals surface area contributed by atoms with E-state index >= 15 is 8.78 Å². The molecule has 2 saturated heterocycles. The fraction of sp³-hybridized carbons (Fsp3) is 0.348. The normalized spacial score (nSPS) is 19.3. The number of carbonyl (C=O) groups excluding carboxylic acids is 1. The summed E-state index contributed by atoms with van der Waals surface area (Å²) in [6.45, 7) is 0.711. The summed E-state index contributed by atoms with van der Waals surface area (Å²) >= 11 is 0. The average molecular weight is 519 g/mol. The molecule has 3 heterocycles. The molecule has 1 aromatic heterocycles. The molecule has 2 aliphatic heterocycles. The van der Waals surface area contributed by atoms with E-state index in [1.165, 1.54) is 20.7 Å². The fourth-order valence-electron chi connectivity index (χ4n) is 4.29. The number of halogens is 2. The number of nitrogens with zero attached hydrogens (tertiary/aromatic N) is 5. The molecule has 0 bridgehead atoms. The molecule has 1 atom stereocenters. The van der Waals surface area contributed by atoms with Crippen LogP contribution in [0.4, 0.5) is 25.0 Å². The van der Waals surface area contributed by atoms with Gasteiger partial charge in [-0.05, 0) is 24.3 Å². The van der Waals surface area contributed by atoms with E-state index in [1.54, 1.807) is 37.6 Å². The van der Waals surface area contributed by atoms with Crippen LogP contribution in [-0.2, 0) is 15.8 Å². The van der Waals surface area contributed by atoms with Crippen molar-refractivity contribution in [1.82, 2.24) is 15.0 Å². The van der Waals surface area contributed by atoms with Gasteiger partial charge in [0.2, 0.25) is 0 Å². The van der Waals surface area contributed by atoms with Gasteiger partial charge in [-0.1, -0.05) is 5.21 Å². The van der Waals surface area contributed by atoms with Gasteiger partial charge in [-0.2, -0.15) is 0 Å². The highest BCUT2D eigenvalue weighted by Crippen LogP contribution is 2.49. The number of hydrogen-bond donors (Lipinski definition) is 0. The van der Waals surface area contributed by atoms with Gasteiger partial charge in [-0.25, -0.2) is 18.3 Å². The van der Waals surface area contributed by atoms with Gasteiger partial charge in [-0.3, -0.25) is 9.46 Å². The first kappa shape index (κ1) is 24.1. The lowest BCUT2D eigenvalue weighted by atomic mass is 10.2. The van der Waals surface area contributed by atoms with Crippen molar-refractivity contribution in [3.05, 3.63) is 60.4 Å². The van der Waals surface area contributed by atoms with Gasteiger partial charge in [0.15, 0.2) is 11.6 Å². The summed E-state index contributed by atoms with van der Waals surface area (Å²) in [5.74, 6) is -0.526. The van der Waals surface area contributed by atoms with Crippen LogP contribution in [0.25, 0.3) is 0 Å². The Bertz CT molecular complexity index is 1260. The predicted octanol–water partition coefficient (Wildman–Crippen LogP) is 3.77. The minimum absolute atomic E-state index is 0.0605. The molecule has 13 heteroatoms. The van der Waals surface area contributed by atoms with Crippen molar-refractivity contribution < 1.29 is 32.1 Å². The summed E-state index contributed by atoms with van der Waals surface area (Å²) in [5.41, 5.74) is -0.161. The molecule has 0 N–H and O–H groups in total. The van der Waals surface area contributed by atoms with Crippen molar-refractivity contribution in [2.24, 2.45) is 0 Å². The van der Waals surface area contributed by atoms with Gasteiger partial charge < -0.3 is 18.9 Å². The quantitative estimate of drug-likeness (QED) is 0.435. The van der Waals surface area contributed by atoms with Crippen molar-refractivity contribution in [2.45, 2.75) is 12.6 Å². The third-order valence-corrected chi connectivity index (χ3v) is 8.42. The molecule has 0 saturated carbocycles. The third-order valence-electron chi connectivity index (χ3n) is 6.12. The molecule has 2 aromatic carbocycles. The smallest absolute Gasteiger partial charge is 0.414 e. The fourth-order valence-corrected chi connectivity index (χ4v) is 6.29. The van der Waals surface area contributed by atoms with Crippen LogP contribution in [0.2, 0.25) is 0 Å². The molecule has 36 heavy (non-hydrogen) atoms. The van der Waals surface area contributed by atoms with Gasteiger partial charge in [0.25, 0.3) is 7.37 Å². The van der Waals surface area contributed by atoms with Crippen molar-refractivity contribution in [1.29, 1.82) is 0 Å². The molecule has 2 fully saturated rings. The SMILES string of the molecule is COc1ccc(OP2(=O)CCN(c3c(F)cc(N4C[C@H](Cn5ccnn5)OC4=O)cc3F)CC2)cc1. The second-order valence-electron chi connectivity index (χ2n) is 8.52. The number of carbonyl (C=O) groups is 1. The molecule has 0 radical (unpaired) electrons. The molecule has 5 rings (SSSR count). The van der Waals surface area contributed by atoms with Crippen LogP contribution in [0.15, 0.2) is 48.8 Å². The number of benzene rings is 2. The van der Waals surface area contributed by atoms with Crippen LogP contribution >= 0.6 is 7.37 Å². The Morgan fingerprint density at radius 3 is 2.39 bits per heavy atom. The lowest BCUT2D eigenvalue weighted by Gasteiger charge is -2.34. The summed E-state index contributed by atoms with van der Waals surface area (Å²) in [5, 5.41) is 7.53. The van der Waals surface area contributed by atoms with E-state index in [0.29, 0.717) is 11.5 Å². The molecule has 1 amide bonds. The summed E-state index contributed by atoms with van der Waals surface area (Å²) in [6.07, 6.45) is 2.19. The van der Waals surface area contributed by atoms with E-state index in [9.17, 15) is 9.36 Å². The maximum absolute atomic E-state index is 15.1. The first-order valence-electron chi connectivity index (χ1n) is 11.3. The van der Waals surface area contributed by atoms with Crippen LogP contribution < -0.4 is 19.1 Å². The highest BCUT2D eigenvalue weighted by Gasteiger charge is 2.36. The lowest BCUT2D eigenvalue weighted by molar-refractivity contribution is 0.129.